The van der Waals surface area contributed by atoms with Crippen molar-refractivity contribution >= 4 is 5.69 Å². The second kappa shape index (κ2) is 5.80. The van der Waals surface area contributed by atoms with Gasteiger partial charge in [-0.15, -0.1) is 0 Å². The molecule has 0 bridgehead atoms. The number of anilines is 1. The lowest BCUT2D eigenvalue weighted by atomic mass is 10.1. The van der Waals surface area contributed by atoms with Crippen molar-refractivity contribution in [3.8, 4) is 11.5 Å². The zero-order valence-corrected chi connectivity index (χ0v) is 10.7. The fourth-order valence-corrected chi connectivity index (χ4v) is 2.21. The van der Waals surface area contributed by atoms with E-state index in [-0.39, 0.29) is 0 Å². The predicted octanol–water partition coefficient (Wildman–Crippen LogP) is 3.80. The van der Waals surface area contributed by atoms with Gasteiger partial charge in [0, 0.05) is 17.8 Å². The molecule has 0 radical (unpaired) electrons. The molecule has 0 saturated heterocycles. The Bertz CT molecular complexity index is 359. The van der Waals surface area contributed by atoms with Gasteiger partial charge in [0.2, 0.25) is 6.79 Å². The van der Waals surface area contributed by atoms with Gasteiger partial charge in [0.25, 0.3) is 0 Å². The Balaban J connectivity index is 2.01. The summed E-state index contributed by atoms with van der Waals surface area (Å²) in [4.78, 5) is 0. The molecule has 0 aromatic heterocycles. The second-order valence-electron chi connectivity index (χ2n) is 4.49. The molecule has 1 N–H and O–H groups in total. The van der Waals surface area contributed by atoms with E-state index in [1.165, 1.54) is 25.7 Å². The van der Waals surface area contributed by atoms with Crippen LogP contribution in [0.2, 0.25) is 0 Å². The Morgan fingerprint density at radius 1 is 1.12 bits per heavy atom. The Labute approximate surface area is 103 Å². The number of hydrogen-bond acceptors (Lipinski definition) is 3. The van der Waals surface area contributed by atoms with Crippen LogP contribution in [-0.4, -0.2) is 12.8 Å². The van der Waals surface area contributed by atoms with Crippen LogP contribution in [0.1, 0.15) is 39.5 Å². The highest BCUT2D eigenvalue weighted by Crippen LogP contribution is 2.34. The second-order valence-corrected chi connectivity index (χ2v) is 4.49. The Morgan fingerprint density at radius 2 is 1.82 bits per heavy atom. The van der Waals surface area contributed by atoms with E-state index in [1.54, 1.807) is 0 Å². The summed E-state index contributed by atoms with van der Waals surface area (Å²) in [5, 5.41) is 3.58. The van der Waals surface area contributed by atoms with Gasteiger partial charge in [0.05, 0.1) is 0 Å². The molecule has 0 aliphatic carbocycles. The van der Waals surface area contributed by atoms with E-state index >= 15 is 0 Å². The summed E-state index contributed by atoms with van der Waals surface area (Å²) in [7, 11) is 0. The highest BCUT2D eigenvalue weighted by Gasteiger charge is 2.14. The van der Waals surface area contributed by atoms with Crippen molar-refractivity contribution in [2.75, 3.05) is 12.1 Å². The molecule has 2 rings (SSSR count). The molecule has 3 heteroatoms. The van der Waals surface area contributed by atoms with Gasteiger partial charge in [0.15, 0.2) is 11.5 Å². The van der Waals surface area contributed by atoms with Gasteiger partial charge in [-0.2, -0.15) is 0 Å². The average molecular weight is 235 g/mol. The van der Waals surface area contributed by atoms with Crippen LogP contribution in [0.5, 0.6) is 11.5 Å². The normalized spacial score (nSPS) is 13.1. The fraction of sp³-hybridized carbons (Fsp3) is 0.571. The van der Waals surface area contributed by atoms with Crippen molar-refractivity contribution in [1.82, 2.24) is 0 Å². The molecule has 3 nitrogen and oxygen atoms in total. The topological polar surface area (TPSA) is 30.5 Å². The maximum Gasteiger partial charge on any atom is 0.231 e. The molecule has 0 saturated carbocycles. The first-order valence-corrected chi connectivity index (χ1v) is 6.49. The number of hydrogen-bond donors (Lipinski definition) is 1. The molecule has 1 aromatic carbocycles. The van der Waals surface area contributed by atoms with Gasteiger partial charge in [-0.25, -0.2) is 0 Å². The number of rotatable bonds is 6. The minimum atomic E-state index is 0.339. The molecular weight excluding hydrogens is 214 g/mol. The molecule has 0 amide bonds. The van der Waals surface area contributed by atoms with Crippen molar-refractivity contribution in [3.05, 3.63) is 18.2 Å². The summed E-state index contributed by atoms with van der Waals surface area (Å²) >= 11 is 0. The Morgan fingerprint density at radius 3 is 2.53 bits per heavy atom. The number of fused-ring (bicyclic) bond motifs is 1. The van der Waals surface area contributed by atoms with Crippen LogP contribution < -0.4 is 14.8 Å². The lowest BCUT2D eigenvalue weighted by Crippen LogP contribution is -2.18. The average Bonchev–Trinajstić information content (AvgIpc) is 2.77. The minimum Gasteiger partial charge on any atom is -0.454 e. The molecule has 94 valence electrons. The van der Waals surface area contributed by atoms with Gasteiger partial charge in [-0.3, -0.25) is 0 Å². The zero-order valence-electron chi connectivity index (χ0n) is 10.7. The van der Waals surface area contributed by atoms with Crippen LogP contribution in [0.4, 0.5) is 5.69 Å². The lowest BCUT2D eigenvalue weighted by molar-refractivity contribution is 0.174. The molecule has 1 aromatic rings. The van der Waals surface area contributed by atoms with E-state index in [1.807, 2.05) is 12.1 Å². The summed E-state index contributed by atoms with van der Waals surface area (Å²) in [6.45, 7) is 4.79. The molecule has 1 aliphatic rings. The van der Waals surface area contributed by atoms with Gasteiger partial charge < -0.3 is 14.8 Å². The summed E-state index contributed by atoms with van der Waals surface area (Å²) in [6, 6.07) is 6.62. The molecule has 0 fully saturated rings. The van der Waals surface area contributed by atoms with Crippen LogP contribution >= 0.6 is 0 Å². The third kappa shape index (κ3) is 3.05. The molecular formula is C14H21NO2. The van der Waals surface area contributed by atoms with Crippen LogP contribution in [0.25, 0.3) is 0 Å². The lowest BCUT2D eigenvalue weighted by Gasteiger charge is -2.18. The van der Waals surface area contributed by atoms with E-state index in [2.05, 4.69) is 25.2 Å². The molecule has 1 heterocycles. The van der Waals surface area contributed by atoms with Gasteiger partial charge >= 0.3 is 0 Å². The van der Waals surface area contributed by atoms with E-state index in [0.717, 1.165) is 17.2 Å². The van der Waals surface area contributed by atoms with Crippen molar-refractivity contribution < 1.29 is 9.47 Å². The molecule has 0 atom stereocenters. The molecule has 1 aliphatic heterocycles. The highest BCUT2D eigenvalue weighted by molar-refractivity contribution is 5.56. The molecule has 17 heavy (non-hydrogen) atoms. The summed E-state index contributed by atoms with van der Waals surface area (Å²) < 4.78 is 10.7. The number of nitrogens with one attached hydrogen (secondary N) is 1. The SMILES string of the molecule is CCCC(CCC)Nc1ccc2c(c1)OCO2. The minimum absolute atomic E-state index is 0.339. The first-order chi connectivity index (χ1) is 8.33. The van der Waals surface area contributed by atoms with Crippen LogP contribution in [0.15, 0.2) is 18.2 Å². The number of benzene rings is 1. The summed E-state index contributed by atoms with van der Waals surface area (Å²) in [5.74, 6) is 1.69. The van der Waals surface area contributed by atoms with Gasteiger partial charge in [-0.1, -0.05) is 26.7 Å². The van der Waals surface area contributed by atoms with Crippen LogP contribution in [0.3, 0.4) is 0 Å². The zero-order chi connectivity index (χ0) is 12.1. The highest BCUT2D eigenvalue weighted by atomic mass is 16.7. The van der Waals surface area contributed by atoms with E-state index in [9.17, 15) is 0 Å². The van der Waals surface area contributed by atoms with E-state index < -0.39 is 0 Å². The quantitative estimate of drug-likeness (QED) is 0.813. The molecule has 0 unspecified atom stereocenters. The maximum atomic E-state index is 5.38. The Hall–Kier alpha value is -1.38. The third-order valence-electron chi connectivity index (χ3n) is 3.02. The van der Waals surface area contributed by atoms with E-state index in [4.69, 9.17) is 9.47 Å². The number of ether oxygens (including phenoxy) is 2. The van der Waals surface area contributed by atoms with E-state index in [0.29, 0.717) is 12.8 Å². The smallest absolute Gasteiger partial charge is 0.231 e. The molecule has 0 spiro atoms. The first kappa shape index (κ1) is 12.1. The monoisotopic (exact) mass is 235 g/mol. The Kier molecular flexibility index (Phi) is 4.13. The van der Waals surface area contributed by atoms with Crippen molar-refractivity contribution in [2.24, 2.45) is 0 Å². The van der Waals surface area contributed by atoms with Gasteiger partial charge in [0.1, 0.15) is 0 Å². The largest absolute Gasteiger partial charge is 0.454 e. The summed E-state index contributed by atoms with van der Waals surface area (Å²) in [5.41, 5.74) is 1.13. The van der Waals surface area contributed by atoms with Gasteiger partial charge in [-0.05, 0) is 25.0 Å². The van der Waals surface area contributed by atoms with Crippen molar-refractivity contribution in [3.63, 3.8) is 0 Å². The van der Waals surface area contributed by atoms with Crippen LogP contribution in [0, 0.1) is 0 Å². The van der Waals surface area contributed by atoms with Crippen molar-refractivity contribution in [2.45, 2.75) is 45.6 Å². The van der Waals surface area contributed by atoms with Crippen LogP contribution in [-0.2, 0) is 0 Å². The standard InChI is InChI=1S/C14H21NO2/c1-3-5-11(6-4-2)15-12-7-8-13-14(9-12)17-10-16-13/h7-9,11,15H,3-6,10H2,1-2H3. The first-order valence-electron chi connectivity index (χ1n) is 6.49. The third-order valence-corrected chi connectivity index (χ3v) is 3.02. The fourth-order valence-electron chi connectivity index (χ4n) is 2.21. The summed E-state index contributed by atoms with van der Waals surface area (Å²) in [6.07, 6.45) is 4.84. The van der Waals surface area contributed by atoms with Crippen molar-refractivity contribution in [1.29, 1.82) is 0 Å². The maximum absolute atomic E-state index is 5.38. The predicted molar refractivity (Wildman–Crippen MR) is 69.8 cm³/mol.